The number of imidazole rings is 1. The molecule has 1 aromatic rings. The highest BCUT2D eigenvalue weighted by atomic mass is 32.2. The number of aliphatic carboxylic acids is 2. The molecule has 0 aliphatic heterocycles. The van der Waals surface area contributed by atoms with Crippen LogP contribution in [0, 0.1) is 0 Å². The lowest BCUT2D eigenvalue weighted by Crippen LogP contribution is -2.38. The minimum absolute atomic E-state index is 0.0236. The Morgan fingerprint density at radius 1 is 1.36 bits per heavy atom. The zero-order valence-electron chi connectivity index (χ0n) is 12.1. The molecule has 11 heteroatoms. The largest absolute Gasteiger partial charge is 0.480 e. The first-order chi connectivity index (χ1) is 10.0. The molecule has 0 amide bonds. The first kappa shape index (κ1) is 18.1. The quantitative estimate of drug-likeness (QED) is 0.426. The van der Waals surface area contributed by atoms with Gasteiger partial charge in [-0.2, -0.15) is 0 Å². The molecule has 0 spiro atoms. The molecule has 0 aliphatic carbocycles. The van der Waals surface area contributed by atoms with Gasteiger partial charge in [-0.1, -0.05) is 0 Å². The van der Waals surface area contributed by atoms with E-state index in [1.165, 1.54) is 11.1 Å². The molecule has 0 saturated carbocycles. The van der Waals surface area contributed by atoms with Gasteiger partial charge in [0.2, 0.25) is 15.0 Å². The van der Waals surface area contributed by atoms with Gasteiger partial charge in [-0.05, 0) is 14.1 Å². The van der Waals surface area contributed by atoms with Crippen LogP contribution < -0.4 is 5.73 Å². The Morgan fingerprint density at radius 2 is 1.95 bits per heavy atom. The Kier molecular flexibility index (Phi) is 5.63. The average Bonchev–Trinajstić information content (AvgIpc) is 2.83. The lowest BCUT2D eigenvalue weighted by Gasteiger charge is -2.18. The Bertz CT molecular complexity index is 653. The highest BCUT2D eigenvalue weighted by Crippen LogP contribution is 2.11. The standard InChI is InChI=1S/C11H18N4O6S/c1-15(2)8(10(18)19)3-6-4-13-11(14-6)22(20,21)5-7(12)9(16)17/h4,7-8H,3,5,12H2,1-2H3,(H,13,14)(H,16,17)(H,18,19)/t7-,8-/m0/s1. The summed E-state index contributed by atoms with van der Waals surface area (Å²) in [6.45, 7) is 0. The number of rotatable bonds is 8. The van der Waals surface area contributed by atoms with Crippen LogP contribution in [-0.4, -0.2) is 77.4 Å². The van der Waals surface area contributed by atoms with E-state index in [1.54, 1.807) is 14.1 Å². The van der Waals surface area contributed by atoms with Crippen LogP contribution in [0.2, 0.25) is 0 Å². The molecule has 1 aromatic heterocycles. The predicted molar refractivity (Wildman–Crippen MR) is 75.1 cm³/mol. The van der Waals surface area contributed by atoms with Gasteiger partial charge in [-0.25, -0.2) is 13.4 Å². The number of sulfone groups is 1. The Hall–Kier alpha value is -1.98. The molecule has 0 aliphatic rings. The van der Waals surface area contributed by atoms with Crippen molar-refractivity contribution in [2.24, 2.45) is 5.73 Å². The molecule has 0 radical (unpaired) electrons. The van der Waals surface area contributed by atoms with Crippen LogP contribution in [0.25, 0.3) is 0 Å². The summed E-state index contributed by atoms with van der Waals surface area (Å²) in [6.07, 6.45) is 1.23. The fourth-order valence-electron chi connectivity index (χ4n) is 1.69. The van der Waals surface area contributed by atoms with Crippen molar-refractivity contribution in [3.63, 3.8) is 0 Å². The van der Waals surface area contributed by atoms with Crippen LogP contribution in [0.15, 0.2) is 11.4 Å². The van der Waals surface area contributed by atoms with Gasteiger partial charge >= 0.3 is 11.9 Å². The van der Waals surface area contributed by atoms with Crippen molar-refractivity contribution >= 4 is 21.8 Å². The lowest BCUT2D eigenvalue weighted by atomic mass is 10.1. The molecule has 0 saturated heterocycles. The second-order valence-corrected chi connectivity index (χ2v) is 6.91. The maximum absolute atomic E-state index is 12.0. The second-order valence-electron chi connectivity index (χ2n) is 4.96. The summed E-state index contributed by atoms with van der Waals surface area (Å²) < 4.78 is 23.9. The Balaban J connectivity index is 2.91. The summed E-state index contributed by atoms with van der Waals surface area (Å²) >= 11 is 0. The van der Waals surface area contributed by atoms with Crippen LogP contribution in [0.3, 0.4) is 0 Å². The molecule has 0 fully saturated rings. The molecule has 22 heavy (non-hydrogen) atoms. The van der Waals surface area contributed by atoms with E-state index in [0.717, 1.165) is 0 Å². The van der Waals surface area contributed by atoms with Crippen molar-refractivity contribution in [3.05, 3.63) is 11.9 Å². The number of H-pyrrole nitrogens is 1. The molecule has 5 N–H and O–H groups in total. The van der Waals surface area contributed by atoms with Crippen molar-refractivity contribution in [1.29, 1.82) is 0 Å². The summed E-state index contributed by atoms with van der Waals surface area (Å²) in [4.78, 5) is 29.4. The maximum Gasteiger partial charge on any atom is 0.321 e. The van der Waals surface area contributed by atoms with E-state index in [2.05, 4.69) is 9.97 Å². The summed E-state index contributed by atoms with van der Waals surface area (Å²) in [7, 11) is -0.829. The molecule has 2 atom stereocenters. The van der Waals surface area contributed by atoms with Crippen LogP contribution in [0.4, 0.5) is 0 Å². The number of carboxylic acids is 2. The van der Waals surface area contributed by atoms with E-state index < -0.39 is 44.8 Å². The minimum atomic E-state index is -3.99. The average molecular weight is 334 g/mol. The van der Waals surface area contributed by atoms with E-state index >= 15 is 0 Å². The number of hydrogen-bond donors (Lipinski definition) is 4. The van der Waals surface area contributed by atoms with Crippen molar-refractivity contribution in [2.75, 3.05) is 19.8 Å². The topological polar surface area (TPSA) is 167 Å². The highest BCUT2D eigenvalue weighted by Gasteiger charge is 2.27. The fourth-order valence-corrected chi connectivity index (χ4v) is 2.96. The van der Waals surface area contributed by atoms with Gasteiger partial charge in [-0.15, -0.1) is 0 Å². The molecule has 10 nitrogen and oxygen atoms in total. The van der Waals surface area contributed by atoms with Crippen molar-refractivity contribution in [3.8, 4) is 0 Å². The van der Waals surface area contributed by atoms with Gasteiger partial charge in [0.05, 0.1) is 5.75 Å². The summed E-state index contributed by atoms with van der Waals surface area (Å²) in [5.41, 5.74) is 5.51. The number of nitrogens with zero attached hydrogens (tertiary/aromatic N) is 2. The van der Waals surface area contributed by atoms with Crippen LogP contribution >= 0.6 is 0 Å². The highest BCUT2D eigenvalue weighted by molar-refractivity contribution is 7.91. The number of carboxylic acid groups (broad SMARTS) is 2. The molecule has 1 heterocycles. The summed E-state index contributed by atoms with van der Waals surface area (Å²) in [6, 6.07) is -2.41. The van der Waals surface area contributed by atoms with E-state index in [9.17, 15) is 18.0 Å². The van der Waals surface area contributed by atoms with Crippen molar-refractivity contribution < 1.29 is 28.2 Å². The SMILES string of the molecule is CN(C)[C@@H](Cc1cnc(S(=O)(=O)C[C@H](N)C(=O)O)[nH]1)C(=O)O. The molecule has 0 bridgehead atoms. The smallest absolute Gasteiger partial charge is 0.321 e. The molecule has 0 unspecified atom stereocenters. The predicted octanol–water partition coefficient (Wildman–Crippen LogP) is -1.85. The fraction of sp³-hybridized carbons (Fsp3) is 0.545. The Morgan fingerprint density at radius 3 is 2.41 bits per heavy atom. The third-order valence-electron chi connectivity index (χ3n) is 2.94. The van der Waals surface area contributed by atoms with Gasteiger partial charge in [0.1, 0.15) is 12.1 Å². The van der Waals surface area contributed by atoms with E-state index in [1.807, 2.05) is 0 Å². The molecule has 1 rings (SSSR count). The van der Waals surface area contributed by atoms with E-state index in [4.69, 9.17) is 15.9 Å². The third kappa shape index (κ3) is 4.51. The molecular weight excluding hydrogens is 316 g/mol. The van der Waals surface area contributed by atoms with Crippen LogP contribution in [0.5, 0.6) is 0 Å². The number of likely N-dealkylation sites (N-methyl/N-ethyl adjacent to an activating group) is 1. The number of aromatic nitrogens is 2. The zero-order chi connectivity index (χ0) is 17.1. The zero-order valence-corrected chi connectivity index (χ0v) is 12.9. The summed E-state index contributed by atoms with van der Waals surface area (Å²) in [5.74, 6) is -3.29. The second kappa shape index (κ2) is 6.85. The van der Waals surface area contributed by atoms with E-state index in [0.29, 0.717) is 5.69 Å². The van der Waals surface area contributed by atoms with Gasteiger partial charge in [0, 0.05) is 18.3 Å². The van der Waals surface area contributed by atoms with E-state index in [-0.39, 0.29) is 6.42 Å². The lowest BCUT2D eigenvalue weighted by molar-refractivity contribution is -0.142. The van der Waals surface area contributed by atoms with Crippen LogP contribution in [-0.2, 0) is 25.8 Å². The minimum Gasteiger partial charge on any atom is -0.480 e. The van der Waals surface area contributed by atoms with Gasteiger partial charge in [0.15, 0.2) is 0 Å². The first-order valence-corrected chi connectivity index (χ1v) is 7.84. The van der Waals surface area contributed by atoms with Crippen molar-refractivity contribution in [1.82, 2.24) is 14.9 Å². The van der Waals surface area contributed by atoms with Crippen molar-refractivity contribution in [2.45, 2.75) is 23.7 Å². The third-order valence-corrected chi connectivity index (χ3v) is 4.53. The molecule has 0 aromatic carbocycles. The molecular formula is C11H18N4O6S. The number of hydrogen-bond acceptors (Lipinski definition) is 7. The van der Waals surface area contributed by atoms with Gasteiger partial charge < -0.3 is 20.9 Å². The van der Waals surface area contributed by atoms with Gasteiger partial charge in [-0.3, -0.25) is 14.5 Å². The van der Waals surface area contributed by atoms with Gasteiger partial charge in [0.25, 0.3) is 0 Å². The first-order valence-electron chi connectivity index (χ1n) is 6.19. The Labute approximate surface area is 126 Å². The normalized spacial score (nSPS) is 14.7. The maximum atomic E-state index is 12.0. The number of aromatic amines is 1. The monoisotopic (exact) mass is 334 g/mol. The van der Waals surface area contributed by atoms with Crippen LogP contribution in [0.1, 0.15) is 5.69 Å². The number of nitrogens with two attached hydrogens (primary N) is 1. The number of nitrogens with one attached hydrogen (secondary N) is 1. The summed E-state index contributed by atoms with van der Waals surface area (Å²) in [5, 5.41) is 17.3. The number of carbonyl (C=O) groups is 2. The molecule has 124 valence electrons.